The standard InChI is InChI=1S/C11H14ClN3O3S2/c1-7-5-14(6-8(2)18-7)20(16,17)10-9(12)13-11-15(10)3-4-19-11/h3-4,7-8H,5-6H2,1-2H3/t7-,8+. The second-order valence-electron chi connectivity index (χ2n) is 4.84. The number of hydrogen-bond acceptors (Lipinski definition) is 5. The van der Waals surface area contributed by atoms with Crippen molar-refractivity contribution >= 4 is 37.9 Å². The van der Waals surface area contributed by atoms with Crippen molar-refractivity contribution in [1.29, 1.82) is 0 Å². The molecule has 0 bridgehead atoms. The number of hydrogen-bond donors (Lipinski definition) is 0. The lowest BCUT2D eigenvalue weighted by Gasteiger charge is -2.34. The molecule has 2 aromatic rings. The van der Waals surface area contributed by atoms with E-state index in [0.29, 0.717) is 18.1 Å². The van der Waals surface area contributed by atoms with Crippen molar-refractivity contribution in [1.82, 2.24) is 13.7 Å². The number of halogens is 1. The van der Waals surface area contributed by atoms with Crippen LogP contribution in [0, 0.1) is 0 Å². The van der Waals surface area contributed by atoms with Crippen LogP contribution >= 0.6 is 22.9 Å². The van der Waals surface area contributed by atoms with Gasteiger partial charge >= 0.3 is 0 Å². The third kappa shape index (κ3) is 2.25. The van der Waals surface area contributed by atoms with Crippen LogP contribution in [0.25, 0.3) is 4.96 Å². The predicted octanol–water partition coefficient (Wildman–Crippen LogP) is 1.85. The smallest absolute Gasteiger partial charge is 0.262 e. The van der Waals surface area contributed by atoms with E-state index < -0.39 is 10.0 Å². The van der Waals surface area contributed by atoms with E-state index in [-0.39, 0.29) is 22.4 Å². The molecule has 1 fully saturated rings. The average Bonchev–Trinajstić information content (AvgIpc) is 2.86. The molecule has 3 rings (SSSR count). The zero-order valence-electron chi connectivity index (χ0n) is 11.0. The van der Waals surface area contributed by atoms with E-state index in [4.69, 9.17) is 16.3 Å². The maximum absolute atomic E-state index is 12.8. The van der Waals surface area contributed by atoms with Gasteiger partial charge in [0.05, 0.1) is 12.2 Å². The quantitative estimate of drug-likeness (QED) is 0.840. The zero-order chi connectivity index (χ0) is 14.5. The minimum atomic E-state index is -3.68. The summed E-state index contributed by atoms with van der Waals surface area (Å²) in [5.74, 6) is 0. The maximum Gasteiger partial charge on any atom is 0.262 e. The van der Waals surface area contributed by atoms with Crippen molar-refractivity contribution in [3.63, 3.8) is 0 Å². The Morgan fingerprint density at radius 2 is 2.05 bits per heavy atom. The van der Waals surface area contributed by atoms with Crippen LogP contribution in [0.1, 0.15) is 13.8 Å². The lowest BCUT2D eigenvalue weighted by atomic mass is 10.3. The van der Waals surface area contributed by atoms with Crippen LogP contribution in [0.3, 0.4) is 0 Å². The number of ether oxygens (including phenoxy) is 1. The molecule has 0 aliphatic carbocycles. The van der Waals surface area contributed by atoms with Gasteiger partial charge in [-0.25, -0.2) is 13.4 Å². The molecule has 1 aliphatic heterocycles. The van der Waals surface area contributed by atoms with E-state index in [2.05, 4.69) is 4.98 Å². The Kier molecular flexibility index (Phi) is 3.54. The van der Waals surface area contributed by atoms with E-state index in [9.17, 15) is 8.42 Å². The molecular formula is C11H14ClN3O3S2. The summed E-state index contributed by atoms with van der Waals surface area (Å²) in [6.45, 7) is 4.35. The highest BCUT2D eigenvalue weighted by Gasteiger charge is 2.36. The van der Waals surface area contributed by atoms with Crippen molar-refractivity contribution in [2.45, 2.75) is 31.1 Å². The van der Waals surface area contributed by atoms with Gasteiger partial charge in [0, 0.05) is 24.7 Å². The van der Waals surface area contributed by atoms with E-state index in [1.807, 2.05) is 13.8 Å². The highest BCUT2D eigenvalue weighted by Crippen LogP contribution is 2.29. The Bertz CT molecular complexity index is 729. The molecule has 20 heavy (non-hydrogen) atoms. The maximum atomic E-state index is 12.8. The molecule has 1 aliphatic rings. The number of rotatable bonds is 2. The minimum Gasteiger partial charge on any atom is -0.373 e. The lowest BCUT2D eigenvalue weighted by Crippen LogP contribution is -2.48. The fourth-order valence-electron chi connectivity index (χ4n) is 2.42. The highest BCUT2D eigenvalue weighted by molar-refractivity contribution is 7.89. The minimum absolute atomic E-state index is 0.0173. The summed E-state index contributed by atoms with van der Waals surface area (Å²) in [5.41, 5.74) is 0. The summed E-state index contributed by atoms with van der Waals surface area (Å²) in [6.07, 6.45) is 1.38. The first-order valence-corrected chi connectivity index (χ1v) is 8.86. The van der Waals surface area contributed by atoms with Gasteiger partial charge in [-0.2, -0.15) is 4.31 Å². The molecule has 6 nitrogen and oxygen atoms in total. The first kappa shape index (κ1) is 14.3. The topological polar surface area (TPSA) is 63.9 Å². The first-order chi connectivity index (χ1) is 9.39. The average molecular weight is 336 g/mol. The Labute approximate surface area is 126 Å². The number of sulfonamides is 1. The third-order valence-electron chi connectivity index (χ3n) is 3.15. The van der Waals surface area contributed by atoms with Gasteiger partial charge in [-0.3, -0.25) is 4.40 Å². The molecule has 0 N–H and O–H groups in total. The van der Waals surface area contributed by atoms with Crippen molar-refractivity contribution in [2.75, 3.05) is 13.1 Å². The number of thiazole rings is 1. The number of aromatic nitrogens is 2. The highest BCUT2D eigenvalue weighted by atomic mass is 35.5. The summed E-state index contributed by atoms with van der Waals surface area (Å²) in [5, 5.41) is 1.84. The van der Waals surface area contributed by atoms with Crippen LogP contribution in [0.4, 0.5) is 0 Å². The molecule has 0 spiro atoms. The Balaban J connectivity index is 2.07. The summed E-state index contributed by atoms with van der Waals surface area (Å²) in [4.78, 5) is 4.65. The Morgan fingerprint density at radius 3 is 2.70 bits per heavy atom. The molecular weight excluding hydrogens is 322 g/mol. The number of nitrogens with zero attached hydrogens (tertiary/aromatic N) is 3. The van der Waals surface area contributed by atoms with Gasteiger partial charge in [0.25, 0.3) is 10.0 Å². The molecule has 3 heterocycles. The molecule has 1 saturated heterocycles. The van der Waals surface area contributed by atoms with Crippen LogP contribution in [-0.4, -0.2) is 47.4 Å². The normalized spacial score (nSPS) is 25.4. The van der Waals surface area contributed by atoms with Crippen LogP contribution in [0.15, 0.2) is 16.6 Å². The van der Waals surface area contributed by atoms with Crippen LogP contribution in [0.5, 0.6) is 0 Å². The molecule has 2 atom stereocenters. The third-order valence-corrected chi connectivity index (χ3v) is 6.14. The molecule has 0 amide bonds. The summed E-state index contributed by atoms with van der Waals surface area (Å²) >= 11 is 7.37. The lowest BCUT2D eigenvalue weighted by molar-refractivity contribution is -0.0441. The Morgan fingerprint density at radius 1 is 1.40 bits per heavy atom. The molecule has 0 radical (unpaired) electrons. The SMILES string of the molecule is C[C@@H]1CN(S(=O)(=O)c2c(Cl)nc3sccn23)C[C@H](C)O1. The molecule has 110 valence electrons. The predicted molar refractivity (Wildman–Crippen MR) is 76.8 cm³/mol. The van der Waals surface area contributed by atoms with Crippen molar-refractivity contribution in [2.24, 2.45) is 0 Å². The monoisotopic (exact) mass is 335 g/mol. The molecule has 9 heteroatoms. The first-order valence-electron chi connectivity index (χ1n) is 6.16. The van der Waals surface area contributed by atoms with Gasteiger partial charge in [-0.15, -0.1) is 11.3 Å². The van der Waals surface area contributed by atoms with Crippen molar-refractivity contribution < 1.29 is 13.2 Å². The van der Waals surface area contributed by atoms with E-state index in [1.54, 1.807) is 11.6 Å². The Hall–Kier alpha value is -0.670. The van der Waals surface area contributed by atoms with Crippen molar-refractivity contribution in [3.8, 4) is 0 Å². The molecule has 0 aromatic carbocycles. The van der Waals surface area contributed by atoms with Gasteiger partial charge in [0.15, 0.2) is 15.1 Å². The number of fused-ring (bicyclic) bond motifs is 1. The summed E-state index contributed by atoms with van der Waals surface area (Å²) in [6, 6.07) is 0. The molecule has 0 saturated carbocycles. The van der Waals surface area contributed by atoms with Crippen LogP contribution in [-0.2, 0) is 14.8 Å². The van der Waals surface area contributed by atoms with Crippen molar-refractivity contribution in [3.05, 3.63) is 16.7 Å². The zero-order valence-corrected chi connectivity index (χ0v) is 13.4. The van der Waals surface area contributed by atoms with Gasteiger partial charge in [0.2, 0.25) is 0 Å². The van der Waals surface area contributed by atoms with Gasteiger partial charge < -0.3 is 4.74 Å². The van der Waals surface area contributed by atoms with E-state index >= 15 is 0 Å². The fourth-order valence-corrected chi connectivity index (χ4v) is 5.42. The summed E-state index contributed by atoms with van der Waals surface area (Å²) < 4.78 is 34.1. The second kappa shape index (κ2) is 4.96. The van der Waals surface area contributed by atoms with Gasteiger partial charge in [-0.1, -0.05) is 11.6 Å². The molecule has 0 unspecified atom stereocenters. The van der Waals surface area contributed by atoms with E-state index in [1.165, 1.54) is 20.0 Å². The van der Waals surface area contributed by atoms with E-state index in [0.717, 1.165) is 0 Å². The summed E-state index contributed by atoms with van der Waals surface area (Å²) in [7, 11) is -3.68. The number of morpholine rings is 1. The fraction of sp³-hybridized carbons (Fsp3) is 0.545. The van der Waals surface area contributed by atoms with Crippen LogP contribution in [0.2, 0.25) is 5.15 Å². The van der Waals surface area contributed by atoms with Crippen LogP contribution < -0.4 is 0 Å². The molecule has 2 aromatic heterocycles. The second-order valence-corrected chi connectivity index (χ2v) is 7.93. The van der Waals surface area contributed by atoms with Gasteiger partial charge in [-0.05, 0) is 13.8 Å². The number of imidazole rings is 1. The largest absolute Gasteiger partial charge is 0.373 e. The van der Waals surface area contributed by atoms with Gasteiger partial charge in [0.1, 0.15) is 0 Å².